The molecule has 0 atom stereocenters. The minimum absolute atomic E-state index is 0.351. The van der Waals surface area contributed by atoms with Gasteiger partial charge in [0.1, 0.15) is 11.6 Å². The van der Waals surface area contributed by atoms with E-state index in [1.54, 1.807) is 0 Å². The summed E-state index contributed by atoms with van der Waals surface area (Å²) in [6.07, 6.45) is 23.0. The number of nitriles is 1. The Labute approximate surface area is 668 Å². The Morgan fingerprint density at radius 2 is 0.548 bits per heavy atom. The molecule has 10 heterocycles. The molecule has 4 aliphatic rings. The molecule has 11 heteroatoms. The molecule has 0 saturated carbocycles. The summed E-state index contributed by atoms with van der Waals surface area (Å²) in [5.41, 5.74) is 42.9. The molecule has 14 aromatic rings. The zero-order valence-corrected chi connectivity index (χ0v) is 65.6. The zero-order chi connectivity index (χ0) is 79.0. The van der Waals surface area contributed by atoms with Gasteiger partial charge in [0, 0.05) is 88.7 Å². The summed E-state index contributed by atoms with van der Waals surface area (Å²) in [6.45, 7) is 21.5. The quantitative estimate of drug-likeness (QED) is 0.0597. The monoisotopic (exact) mass is 1490 g/mol. The molecule has 0 spiro atoms. The number of nitrogens with one attached hydrogen (secondary N) is 4. The molecule has 5 N–H and O–H groups in total. The van der Waals surface area contributed by atoms with Crippen molar-refractivity contribution in [1.82, 2.24) is 39.9 Å². The van der Waals surface area contributed by atoms with Gasteiger partial charge in [-0.15, -0.1) is 0 Å². The van der Waals surface area contributed by atoms with Crippen molar-refractivity contribution in [3.8, 4) is 95.1 Å². The maximum Gasteiger partial charge on any atom is 0.346 e. The van der Waals surface area contributed by atoms with Crippen molar-refractivity contribution in [2.45, 2.75) is 69.2 Å². The highest BCUT2D eigenvalue weighted by atomic mass is 16.4. The predicted molar refractivity (Wildman–Crippen MR) is 479 cm³/mol. The van der Waals surface area contributed by atoms with Crippen molar-refractivity contribution < 1.29 is 9.90 Å². The Bertz CT molecular complexity index is 6950. The van der Waals surface area contributed by atoms with Crippen molar-refractivity contribution in [3.63, 3.8) is 0 Å². The van der Waals surface area contributed by atoms with Gasteiger partial charge in [0.25, 0.3) is 0 Å². The molecule has 16 bridgehead atoms. The van der Waals surface area contributed by atoms with Crippen LogP contribution in [-0.2, 0) is 4.79 Å². The summed E-state index contributed by atoms with van der Waals surface area (Å²) >= 11 is 0. The lowest BCUT2D eigenvalue weighted by molar-refractivity contribution is -0.132. The Morgan fingerprint density at radius 3 is 0.843 bits per heavy atom. The van der Waals surface area contributed by atoms with Gasteiger partial charge in [-0.25, -0.2) is 24.7 Å². The molecule has 6 aromatic heterocycles. The van der Waals surface area contributed by atoms with E-state index in [4.69, 9.17) is 19.9 Å². The average Bonchev–Trinajstić information content (AvgIpc) is 1.61. The van der Waals surface area contributed by atoms with Gasteiger partial charge in [-0.2, -0.15) is 5.26 Å². The third-order valence-corrected chi connectivity index (χ3v) is 21.9. The summed E-state index contributed by atoms with van der Waals surface area (Å²) in [5, 5.41) is 19.4. The number of hydrogen-bond donors (Lipinski definition) is 5. The van der Waals surface area contributed by atoms with E-state index < -0.39 is 5.97 Å². The van der Waals surface area contributed by atoms with Crippen LogP contribution in [0.5, 0.6) is 0 Å². The Hall–Kier alpha value is -14.6. The number of carboxylic acid groups (broad SMARTS) is 1. The average molecular weight is 1490 g/mol. The number of aliphatic carboxylic acids is 1. The molecular formula is C104H81N9O2. The molecule has 4 aliphatic heterocycles. The van der Waals surface area contributed by atoms with E-state index in [1.165, 1.54) is 28.3 Å². The first-order chi connectivity index (χ1) is 55.7. The number of fused-ring (bicyclic) bond motifs is 16. The van der Waals surface area contributed by atoms with Crippen LogP contribution in [0.15, 0.2) is 218 Å². The molecule has 18 rings (SSSR count). The van der Waals surface area contributed by atoms with Crippen molar-refractivity contribution in [2.75, 3.05) is 0 Å². The predicted octanol–water partition coefficient (Wildman–Crippen LogP) is 26.2. The van der Waals surface area contributed by atoms with Gasteiger partial charge < -0.3 is 25.0 Å². The van der Waals surface area contributed by atoms with Crippen LogP contribution < -0.4 is 0 Å². The fraction of sp³-hybridized carbons (Fsp3) is 0.0962. The maximum absolute atomic E-state index is 11.9. The summed E-state index contributed by atoms with van der Waals surface area (Å²) in [5.74, 6) is -1.28. The number of aromatic amines is 4. The highest BCUT2D eigenvalue weighted by Crippen LogP contribution is 2.44. The third kappa shape index (κ3) is 14.0. The van der Waals surface area contributed by atoms with Crippen LogP contribution in [0, 0.1) is 80.6 Å². The maximum atomic E-state index is 11.9. The summed E-state index contributed by atoms with van der Waals surface area (Å²) in [4.78, 5) is 50.6. The summed E-state index contributed by atoms with van der Waals surface area (Å²) < 4.78 is 0. The molecule has 8 aromatic carbocycles. The molecule has 115 heavy (non-hydrogen) atoms. The van der Waals surface area contributed by atoms with Crippen LogP contribution in [0.25, 0.3) is 200 Å². The number of nitrogens with zero attached hydrogens (tertiary/aromatic N) is 5. The molecule has 0 amide bonds. The Balaban J connectivity index is 0.866. The van der Waals surface area contributed by atoms with Crippen molar-refractivity contribution in [1.29, 1.82) is 5.26 Å². The van der Waals surface area contributed by atoms with E-state index in [2.05, 4.69) is 338 Å². The minimum Gasteiger partial charge on any atom is -0.477 e. The van der Waals surface area contributed by atoms with E-state index in [9.17, 15) is 15.2 Å². The van der Waals surface area contributed by atoms with E-state index in [1.807, 2.05) is 30.3 Å². The van der Waals surface area contributed by atoms with Crippen LogP contribution in [0.1, 0.15) is 118 Å². The second kappa shape index (κ2) is 29.2. The van der Waals surface area contributed by atoms with Gasteiger partial charge in [-0.05, 0) is 222 Å². The Kier molecular flexibility index (Phi) is 18.3. The summed E-state index contributed by atoms with van der Waals surface area (Å²) in [6, 6.07) is 77.6. The molecule has 0 fully saturated rings. The van der Waals surface area contributed by atoms with Gasteiger partial charge in [0.15, 0.2) is 0 Å². The largest absolute Gasteiger partial charge is 0.477 e. The fourth-order valence-electron chi connectivity index (χ4n) is 17.0. The third-order valence-electron chi connectivity index (χ3n) is 21.9. The van der Waals surface area contributed by atoms with Gasteiger partial charge in [-0.3, -0.25) is 0 Å². The lowest BCUT2D eigenvalue weighted by Gasteiger charge is -2.10. The number of benzene rings is 8. The molecule has 0 aliphatic carbocycles. The smallest absolute Gasteiger partial charge is 0.346 e. The number of carboxylic acids is 1. The summed E-state index contributed by atoms with van der Waals surface area (Å²) in [7, 11) is 0. The highest BCUT2D eigenvalue weighted by Gasteiger charge is 2.25. The van der Waals surface area contributed by atoms with Gasteiger partial charge in [0.05, 0.1) is 51.1 Å². The number of aromatic nitrogens is 8. The molecule has 0 unspecified atom stereocenters. The molecule has 0 saturated heterocycles. The van der Waals surface area contributed by atoms with E-state index in [0.29, 0.717) is 5.56 Å². The topological polar surface area (TPSA) is 176 Å². The first kappa shape index (κ1) is 72.0. The Morgan fingerprint density at radius 1 is 0.287 bits per heavy atom. The number of H-pyrrole nitrogens is 4. The number of rotatable bonds is 12. The lowest BCUT2D eigenvalue weighted by Crippen LogP contribution is -1.97. The second-order valence-corrected chi connectivity index (χ2v) is 31.0. The number of hydrogen-bond acceptors (Lipinski definition) is 6. The lowest BCUT2D eigenvalue weighted by atomic mass is 9.97. The molecular weight excluding hydrogens is 1410 g/mol. The van der Waals surface area contributed by atoms with Crippen molar-refractivity contribution >= 4 is 117 Å². The van der Waals surface area contributed by atoms with E-state index >= 15 is 0 Å². The molecule has 0 radical (unpaired) electrons. The van der Waals surface area contributed by atoms with Crippen LogP contribution in [0.4, 0.5) is 0 Å². The van der Waals surface area contributed by atoms with E-state index in [-0.39, 0.29) is 5.57 Å². The SMILES string of the molecule is Cc1ccc(-c2c3nc(c(-c4ccc(/C=C/c5cc6[nH]c5c(-c5cc(C)cc(C)c5)c5nc(c(-c7cc(C)cc(C)c7)c7ccc([nH]7)c(-c7cc(C)cc(C)c7)c7nc(c6-c6cc(C)cc(C)c6)C=C7)C=C5)cc4)c4ccc([nH]4)c(-c4ccc(C)cc4)c4nc(c(-c5ccc(/C=C(/C#N)C(=O)O)cc5)c5ccc2[nH]5)C=C4)C=C3)cc1. The number of carbonyl (C=O) groups is 1. The van der Waals surface area contributed by atoms with Crippen molar-refractivity contribution in [3.05, 3.63) is 336 Å². The normalized spacial score (nSPS) is 12.4. The standard InChI is InChI=1S/C104H81N9O2/c1-58-11-20-70(21-12-58)95-80-29-33-84(106-80)97(85-34-30-81(107-85)96(71-22-13-59(2)14-23-71)83-32-36-87(109-83)98(86-35-31-82(95)108-86)73-26-18-69(19-27-73)55-79(57-105)104(114)115)72-24-15-68(16-25-72)17-28-74-56-94-101(77-51-64(7)45-65(8)52-77)92-40-39-90(111-92)99(75-47-60(3)43-61(4)48-75)88-37-38-89(110-88)100(76-49-62(5)44-63(6)50-76)91-41-42-93(112-91)102(103(74)113-94)78-53-66(9)46-67(10)54-78/h11-56,106,109-110,113H,1-10H3,(H,114,115)/b28-17+,79-55-,95-80?,95-82?,96-81?,96-83?,97-84?,97-85?,98-86?,98-87?,99-88?,99-90?,100-89?,100-91?,101-92?,101-94?,102-93?,103-102?. The highest BCUT2D eigenvalue weighted by molar-refractivity contribution is 6.05. The molecule has 554 valence electrons. The first-order valence-corrected chi connectivity index (χ1v) is 38.8. The van der Waals surface area contributed by atoms with Crippen molar-refractivity contribution in [2.24, 2.45) is 0 Å². The van der Waals surface area contributed by atoms with Crippen LogP contribution in [0.2, 0.25) is 0 Å². The fourth-order valence-corrected chi connectivity index (χ4v) is 17.0. The second-order valence-electron chi connectivity index (χ2n) is 31.0. The van der Waals surface area contributed by atoms with Gasteiger partial charge in [0.2, 0.25) is 0 Å². The van der Waals surface area contributed by atoms with Crippen LogP contribution in [0.3, 0.4) is 0 Å². The van der Waals surface area contributed by atoms with Crippen LogP contribution in [-0.4, -0.2) is 50.9 Å². The zero-order valence-electron chi connectivity index (χ0n) is 65.6. The minimum atomic E-state index is -1.28. The first-order valence-electron chi connectivity index (χ1n) is 38.8. The van der Waals surface area contributed by atoms with Gasteiger partial charge in [-0.1, -0.05) is 238 Å². The van der Waals surface area contributed by atoms with E-state index in [0.717, 1.165) is 223 Å². The van der Waals surface area contributed by atoms with Gasteiger partial charge >= 0.3 is 5.97 Å². The van der Waals surface area contributed by atoms with Crippen LogP contribution >= 0.6 is 0 Å². The molecule has 11 nitrogen and oxygen atoms in total. The number of aryl methyl sites for hydroxylation is 10.